The molecule has 0 saturated carbocycles. The van der Waals surface area contributed by atoms with Gasteiger partial charge in [-0.25, -0.2) is 0 Å². The summed E-state index contributed by atoms with van der Waals surface area (Å²) in [6.45, 7) is -1.19. The highest BCUT2D eigenvalue weighted by Gasteiger charge is 2.27. The van der Waals surface area contributed by atoms with Gasteiger partial charge in [0, 0.05) is 10.7 Å². The highest BCUT2D eigenvalue weighted by atomic mass is 79.9. The van der Waals surface area contributed by atoms with E-state index >= 15 is 0 Å². The van der Waals surface area contributed by atoms with Crippen molar-refractivity contribution in [2.24, 2.45) is 0 Å². The molecule has 1 rings (SSSR count). The van der Waals surface area contributed by atoms with Gasteiger partial charge in [-0.3, -0.25) is 9.82 Å². The Balaban J connectivity index is 2.23. The Kier molecular flexibility index (Phi) is 4.49. The quantitative estimate of drug-likeness (QED) is 0.681. The standard InChI is InChI=1S/C8H8BrF3N2O/c9-6-1-2-7(13-3-6)4-14-15-5-8(10,11)12/h1-3,14H,4-5H2. The lowest BCUT2D eigenvalue weighted by molar-refractivity contribution is -0.190. The molecule has 0 amide bonds. The van der Waals surface area contributed by atoms with E-state index < -0.39 is 12.8 Å². The first-order valence-corrected chi connectivity index (χ1v) is 4.78. The summed E-state index contributed by atoms with van der Waals surface area (Å²) >= 11 is 3.19. The minimum Gasteiger partial charge on any atom is -0.292 e. The van der Waals surface area contributed by atoms with E-state index in [-0.39, 0.29) is 6.54 Å². The van der Waals surface area contributed by atoms with Crippen molar-refractivity contribution in [2.75, 3.05) is 6.61 Å². The smallest absolute Gasteiger partial charge is 0.292 e. The maximum Gasteiger partial charge on any atom is 0.413 e. The van der Waals surface area contributed by atoms with Gasteiger partial charge in [0.1, 0.15) is 0 Å². The van der Waals surface area contributed by atoms with Crippen molar-refractivity contribution in [3.05, 3.63) is 28.5 Å². The summed E-state index contributed by atoms with van der Waals surface area (Å²) < 4.78 is 35.8. The molecule has 0 aliphatic rings. The molecule has 1 aromatic heterocycles. The first-order chi connectivity index (χ1) is 6.97. The average Bonchev–Trinajstić information content (AvgIpc) is 2.14. The average molecular weight is 285 g/mol. The lowest BCUT2D eigenvalue weighted by Crippen LogP contribution is -2.24. The summed E-state index contributed by atoms with van der Waals surface area (Å²) in [5.41, 5.74) is 2.78. The minimum atomic E-state index is -4.32. The molecule has 15 heavy (non-hydrogen) atoms. The van der Waals surface area contributed by atoms with Gasteiger partial charge in [0.2, 0.25) is 0 Å². The molecule has 84 valence electrons. The fourth-order valence-corrected chi connectivity index (χ4v) is 1.00. The number of nitrogens with zero attached hydrogens (tertiary/aromatic N) is 1. The van der Waals surface area contributed by atoms with E-state index in [0.717, 1.165) is 4.47 Å². The monoisotopic (exact) mass is 284 g/mol. The summed E-state index contributed by atoms with van der Waals surface area (Å²) in [7, 11) is 0. The van der Waals surface area contributed by atoms with Crippen LogP contribution < -0.4 is 5.48 Å². The van der Waals surface area contributed by atoms with Crippen molar-refractivity contribution < 1.29 is 18.0 Å². The molecule has 0 bridgehead atoms. The summed E-state index contributed by atoms with van der Waals surface area (Å²) in [4.78, 5) is 8.15. The zero-order valence-corrected chi connectivity index (χ0v) is 9.10. The third kappa shape index (κ3) is 5.71. The Labute approximate surface area is 92.7 Å². The molecule has 7 heteroatoms. The first kappa shape index (κ1) is 12.4. The number of pyridine rings is 1. The number of aromatic nitrogens is 1. The van der Waals surface area contributed by atoms with E-state index in [4.69, 9.17) is 0 Å². The van der Waals surface area contributed by atoms with Crippen molar-refractivity contribution in [3.8, 4) is 0 Å². The number of rotatable bonds is 4. The minimum absolute atomic E-state index is 0.128. The van der Waals surface area contributed by atoms with Crippen LogP contribution in [0.2, 0.25) is 0 Å². The van der Waals surface area contributed by atoms with Crippen molar-refractivity contribution in [2.45, 2.75) is 12.7 Å². The maximum absolute atomic E-state index is 11.6. The second kappa shape index (κ2) is 5.43. The van der Waals surface area contributed by atoms with Gasteiger partial charge in [0.15, 0.2) is 6.61 Å². The molecule has 0 unspecified atom stereocenters. The summed E-state index contributed by atoms with van der Waals surface area (Å²) in [5.74, 6) is 0. The van der Waals surface area contributed by atoms with Gasteiger partial charge in [-0.05, 0) is 28.1 Å². The summed E-state index contributed by atoms with van der Waals surface area (Å²) in [6.07, 6.45) is -2.76. The molecule has 0 saturated heterocycles. The normalized spacial score (nSPS) is 11.7. The number of hydroxylamine groups is 1. The maximum atomic E-state index is 11.6. The third-order valence-electron chi connectivity index (χ3n) is 1.38. The van der Waals surface area contributed by atoms with E-state index in [1.165, 1.54) is 0 Å². The van der Waals surface area contributed by atoms with Crippen molar-refractivity contribution in [1.82, 2.24) is 10.5 Å². The van der Waals surface area contributed by atoms with Gasteiger partial charge in [-0.1, -0.05) is 0 Å². The fourth-order valence-electron chi connectivity index (χ4n) is 0.769. The molecule has 3 nitrogen and oxygen atoms in total. The number of nitrogens with one attached hydrogen (secondary N) is 1. The number of hydrogen-bond acceptors (Lipinski definition) is 3. The Morgan fingerprint density at radius 3 is 2.67 bits per heavy atom. The zero-order valence-electron chi connectivity index (χ0n) is 7.51. The molecule has 0 spiro atoms. The Hall–Kier alpha value is -0.660. The van der Waals surface area contributed by atoms with Crippen LogP contribution in [0.15, 0.2) is 22.8 Å². The van der Waals surface area contributed by atoms with Gasteiger partial charge < -0.3 is 0 Å². The van der Waals surface area contributed by atoms with Crippen LogP contribution in [-0.4, -0.2) is 17.8 Å². The molecular weight excluding hydrogens is 277 g/mol. The van der Waals surface area contributed by atoms with Crippen LogP contribution >= 0.6 is 15.9 Å². The van der Waals surface area contributed by atoms with Crippen molar-refractivity contribution >= 4 is 15.9 Å². The number of halogens is 4. The van der Waals surface area contributed by atoms with Crippen molar-refractivity contribution in [1.29, 1.82) is 0 Å². The number of hydrogen-bond donors (Lipinski definition) is 1. The van der Waals surface area contributed by atoms with Gasteiger partial charge in [-0.2, -0.15) is 18.7 Å². The van der Waals surface area contributed by atoms with Crippen LogP contribution in [0, 0.1) is 0 Å². The molecule has 0 atom stereocenters. The van der Waals surface area contributed by atoms with Crippen LogP contribution in [-0.2, 0) is 11.4 Å². The second-order valence-corrected chi connectivity index (χ2v) is 3.61. The molecule has 0 aromatic carbocycles. The third-order valence-corrected chi connectivity index (χ3v) is 1.85. The largest absolute Gasteiger partial charge is 0.413 e. The molecule has 0 fully saturated rings. The Morgan fingerprint density at radius 2 is 2.13 bits per heavy atom. The summed E-state index contributed by atoms with van der Waals surface area (Å²) in [5, 5.41) is 0. The molecule has 1 heterocycles. The Bertz CT molecular complexity index is 302. The van der Waals surface area contributed by atoms with Crippen LogP contribution in [0.5, 0.6) is 0 Å². The molecule has 0 radical (unpaired) electrons. The molecular formula is C8H8BrF3N2O. The van der Waals surface area contributed by atoms with Crippen LogP contribution in [0.1, 0.15) is 5.69 Å². The molecule has 0 aliphatic heterocycles. The molecule has 1 aromatic rings. The second-order valence-electron chi connectivity index (χ2n) is 2.69. The number of alkyl halides is 3. The van der Waals surface area contributed by atoms with E-state index in [1.54, 1.807) is 18.3 Å². The van der Waals surface area contributed by atoms with E-state index in [1.807, 2.05) is 0 Å². The molecule has 0 aliphatic carbocycles. The van der Waals surface area contributed by atoms with Crippen LogP contribution in [0.4, 0.5) is 13.2 Å². The Morgan fingerprint density at radius 1 is 1.40 bits per heavy atom. The lowest BCUT2D eigenvalue weighted by atomic mass is 10.4. The summed E-state index contributed by atoms with van der Waals surface area (Å²) in [6, 6.07) is 3.42. The van der Waals surface area contributed by atoms with Gasteiger partial charge in [0.05, 0.1) is 12.2 Å². The topological polar surface area (TPSA) is 34.1 Å². The lowest BCUT2D eigenvalue weighted by Gasteiger charge is -2.07. The predicted molar refractivity (Wildman–Crippen MR) is 50.8 cm³/mol. The highest BCUT2D eigenvalue weighted by Crippen LogP contribution is 2.13. The van der Waals surface area contributed by atoms with Gasteiger partial charge in [0.25, 0.3) is 0 Å². The predicted octanol–water partition coefficient (Wildman–Crippen LogP) is 2.43. The van der Waals surface area contributed by atoms with E-state index in [0.29, 0.717) is 5.69 Å². The van der Waals surface area contributed by atoms with Gasteiger partial charge in [-0.15, -0.1) is 0 Å². The van der Waals surface area contributed by atoms with Crippen LogP contribution in [0.3, 0.4) is 0 Å². The van der Waals surface area contributed by atoms with E-state index in [2.05, 4.69) is 31.2 Å². The molecule has 1 N–H and O–H groups in total. The van der Waals surface area contributed by atoms with E-state index in [9.17, 15) is 13.2 Å². The first-order valence-electron chi connectivity index (χ1n) is 3.99. The fraction of sp³-hybridized carbons (Fsp3) is 0.375. The zero-order chi connectivity index (χ0) is 11.3. The van der Waals surface area contributed by atoms with Crippen molar-refractivity contribution in [3.63, 3.8) is 0 Å². The van der Waals surface area contributed by atoms with Crippen LogP contribution in [0.25, 0.3) is 0 Å². The highest BCUT2D eigenvalue weighted by molar-refractivity contribution is 9.10. The SMILES string of the molecule is FC(F)(F)CONCc1ccc(Br)cn1. The van der Waals surface area contributed by atoms with Gasteiger partial charge >= 0.3 is 6.18 Å².